The highest BCUT2D eigenvalue weighted by Crippen LogP contribution is 2.20. The number of hydrogen-bond acceptors (Lipinski definition) is 3. The molecule has 0 spiro atoms. The van der Waals surface area contributed by atoms with Gasteiger partial charge in [0, 0.05) is 6.04 Å². The van der Waals surface area contributed by atoms with Gasteiger partial charge in [0.1, 0.15) is 5.75 Å². The molecule has 1 fully saturated rings. The van der Waals surface area contributed by atoms with Crippen LogP contribution in [0.4, 0.5) is 0 Å². The summed E-state index contributed by atoms with van der Waals surface area (Å²) in [5.74, 6) is 1.91. The van der Waals surface area contributed by atoms with E-state index in [9.17, 15) is 0 Å². The molecule has 1 aromatic rings. The number of likely N-dealkylation sites (tertiary alicyclic amines) is 1. The third kappa shape index (κ3) is 5.33. The Morgan fingerprint density at radius 3 is 2.71 bits per heavy atom. The van der Waals surface area contributed by atoms with Crippen molar-refractivity contribution < 1.29 is 4.74 Å². The zero-order chi connectivity index (χ0) is 15.1. The number of nitrogens with one attached hydrogen (secondary N) is 1. The monoisotopic (exact) mass is 290 g/mol. The lowest BCUT2D eigenvalue weighted by Gasteiger charge is -2.29. The Labute approximate surface area is 129 Å². The van der Waals surface area contributed by atoms with Crippen LogP contribution in [-0.2, 0) is 6.42 Å². The minimum Gasteiger partial charge on any atom is -0.496 e. The fraction of sp³-hybridized carbons (Fsp3) is 0.667. The summed E-state index contributed by atoms with van der Waals surface area (Å²) in [6.07, 6.45) is 5.06. The molecule has 1 atom stereocenters. The van der Waals surface area contributed by atoms with Crippen LogP contribution >= 0.6 is 0 Å². The first-order chi connectivity index (χ1) is 10.2. The fourth-order valence-corrected chi connectivity index (χ4v) is 3.16. The van der Waals surface area contributed by atoms with Crippen molar-refractivity contribution in [1.29, 1.82) is 0 Å². The number of piperidine rings is 1. The third-order valence-electron chi connectivity index (χ3n) is 4.60. The van der Waals surface area contributed by atoms with Gasteiger partial charge >= 0.3 is 0 Å². The largest absolute Gasteiger partial charge is 0.496 e. The van der Waals surface area contributed by atoms with Gasteiger partial charge < -0.3 is 15.0 Å². The first-order valence-electron chi connectivity index (χ1n) is 8.23. The minimum atomic E-state index is 0.493. The molecule has 0 bridgehead atoms. The Bertz CT molecular complexity index is 413. The maximum absolute atomic E-state index is 5.42. The number of methoxy groups -OCH3 is 1. The molecule has 1 aliphatic heterocycles. The normalized spacial score (nSPS) is 18.6. The summed E-state index contributed by atoms with van der Waals surface area (Å²) in [6, 6.07) is 8.81. The summed E-state index contributed by atoms with van der Waals surface area (Å²) in [5, 5.41) is 3.67. The molecule has 1 saturated heterocycles. The zero-order valence-corrected chi connectivity index (χ0v) is 13.8. The Morgan fingerprint density at radius 1 is 1.29 bits per heavy atom. The second-order valence-electron chi connectivity index (χ2n) is 6.41. The molecule has 1 heterocycles. The topological polar surface area (TPSA) is 24.5 Å². The van der Waals surface area contributed by atoms with Crippen molar-refractivity contribution in [2.75, 3.05) is 33.8 Å². The predicted octanol–water partition coefficient (Wildman–Crippen LogP) is 2.95. The highest BCUT2D eigenvalue weighted by atomic mass is 16.5. The summed E-state index contributed by atoms with van der Waals surface area (Å²) in [4.78, 5) is 2.44. The second kappa shape index (κ2) is 8.40. The quantitative estimate of drug-likeness (QED) is 0.835. The second-order valence-corrected chi connectivity index (χ2v) is 6.41. The lowest BCUT2D eigenvalue weighted by Crippen LogP contribution is -2.34. The molecule has 21 heavy (non-hydrogen) atoms. The van der Waals surface area contributed by atoms with E-state index in [0.717, 1.165) is 24.6 Å². The van der Waals surface area contributed by atoms with Crippen LogP contribution in [0.3, 0.4) is 0 Å². The van der Waals surface area contributed by atoms with Crippen molar-refractivity contribution in [3.63, 3.8) is 0 Å². The zero-order valence-electron chi connectivity index (χ0n) is 13.8. The molecule has 0 amide bonds. The van der Waals surface area contributed by atoms with Gasteiger partial charge in [-0.3, -0.25) is 0 Å². The summed E-state index contributed by atoms with van der Waals surface area (Å²) in [6.45, 7) is 5.93. The van der Waals surface area contributed by atoms with Crippen molar-refractivity contribution in [2.24, 2.45) is 5.92 Å². The molecule has 0 saturated carbocycles. The predicted molar refractivity (Wildman–Crippen MR) is 89.0 cm³/mol. The van der Waals surface area contributed by atoms with Crippen molar-refractivity contribution >= 4 is 0 Å². The Balaban J connectivity index is 1.69. The van der Waals surface area contributed by atoms with Crippen LogP contribution in [-0.4, -0.2) is 44.7 Å². The van der Waals surface area contributed by atoms with Crippen LogP contribution in [0.25, 0.3) is 0 Å². The van der Waals surface area contributed by atoms with E-state index < -0.39 is 0 Å². The molecule has 3 nitrogen and oxygen atoms in total. The smallest absolute Gasteiger partial charge is 0.122 e. The van der Waals surface area contributed by atoms with E-state index in [0.29, 0.717) is 6.04 Å². The molecular formula is C18H30N2O. The van der Waals surface area contributed by atoms with E-state index >= 15 is 0 Å². The van der Waals surface area contributed by atoms with Gasteiger partial charge in [-0.1, -0.05) is 18.2 Å². The van der Waals surface area contributed by atoms with Crippen LogP contribution < -0.4 is 10.1 Å². The van der Waals surface area contributed by atoms with Gasteiger partial charge in [-0.25, -0.2) is 0 Å². The Kier molecular flexibility index (Phi) is 6.52. The first-order valence-corrected chi connectivity index (χ1v) is 8.23. The summed E-state index contributed by atoms with van der Waals surface area (Å²) >= 11 is 0. The first kappa shape index (κ1) is 16.3. The standard InChI is InChI=1S/C18H30N2O/c1-15(14-17-6-4-5-7-18(17)21-3)19-11-8-16-9-12-20(2)13-10-16/h4-7,15-16,19H,8-14H2,1-3H3. The number of benzene rings is 1. The Morgan fingerprint density at radius 2 is 2.00 bits per heavy atom. The third-order valence-corrected chi connectivity index (χ3v) is 4.60. The highest BCUT2D eigenvalue weighted by Gasteiger charge is 2.16. The van der Waals surface area contributed by atoms with Gasteiger partial charge in [-0.2, -0.15) is 0 Å². The van der Waals surface area contributed by atoms with Gasteiger partial charge in [-0.15, -0.1) is 0 Å². The number of ether oxygens (including phenoxy) is 1. The molecule has 118 valence electrons. The molecule has 0 aliphatic carbocycles. The van der Waals surface area contributed by atoms with Crippen molar-refractivity contribution in [3.05, 3.63) is 29.8 Å². The molecule has 1 unspecified atom stereocenters. The van der Waals surface area contributed by atoms with Crippen LogP contribution in [0.15, 0.2) is 24.3 Å². The van der Waals surface area contributed by atoms with Crippen molar-refractivity contribution in [1.82, 2.24) is 10.2 Å². The molecular weight excluding hydrogens is 260 g/mol. The van der Waals surface area contributed by atoms with Crippen molar-refractivity contribution in [3.8, 4) is 5.75 Å². The summed E-state index contributed by atoms with van der Waals surface area (Å²) in [7, 11) is 3.97. The summed E-state index contributed by atoms with van der Waals surface area (Å²) in [5.41, 5.74) is 1.29. The van der Waals surface area contributed by atoms with E-state index in [-0.39, 0.29) is 0 Å². The summed E-state index contributed by atoms with van der Waals surface area (Å²) < 4.78 is 5.42. The van der Waals surface area contributed by atoms with Crippen molar-refractivity contribution in [2.45, 2.75) is 38.6 Å². The number of para-hydroxylation sites is 1. The minimum absolute atomic E-state index is 0.493. The van der Waals surface area contributed by atoms with E-state index in [1.165, 1.54) is 37.9 Å². The van der Waals surface area contributed by atoms with Gasteiger partial charge in [0.15, 0.2) is 0 Å². The lowest BCUT2D eigenvalue weighted by molar-refractivity contribution is 0.210. The maximum atomic E-state index is 5.42. The average molecular weight is 290 g/mol. The number of nitrogens with zero attached hydrogens (tertiary/aromatic N) is 1. The SMILES string of the molecule is COc1ccccc1CC(C)NCCC1CCN(C)CC1. The van der Waals surface area contributed by atoms with Crippen LogP contribution in [0.1, 0.15) is 31.7 Å². The van der Waals surface area contributed by atoms with Gasteiger partial charge in [0.05, 0.1) is 7.11 Å². The van der Waals surface area contributed by atoms with Gasteiger partial charge in [0.25, 0.3) is 0 Å². The van der Waals surface area contributed by atoms with E-state index in [2.05, 4.69) is 36.3 Å². The number of rotatable bonds is 7. The molecule has 1 N–H and O–H groups in total. The van der Waals surface area contributed by atoms with E-state index in [1.807, 2.05) is 12.1 Å². The van der Waals surface area contributed by atoms with Gasteiger partial charge in [0.2, 0.25) is 0 Å². The van der Waals surface area contributed by atoms with Crippen LogP contribution in [0.5, 0.6) is 5.75 Å². The molecule has 2 rings (SSSR count). The Hall–Kier alpha value is -1.06. The molecule has 0 aromatic heterocycles. The van der Waals surface area contributed by atoms with Crippen LogP contribution in [0, 0.1) is 5.92 Å². The molecule has 0 radical (unpaired) electrons. The van der Waals surface area contributed by atoms with Crippen LogP contribution in [0.2, 0.25) is 0 Å². The van der Waals surface area contributed by atoms with Gasteiger partial charge in [-0.05, 0) is 76.8 Å². The lowest BCUT2D eigenvalue weighted by atomic mass is 9.93. The highest BCUT2D eigenvalue weighted by molar-refractivity contribution is 5.33. The molecule has 1 aromatic carbocycles. The molecule has 3 heteroatoms. The fourth-order valence-electron chi connectivity index (χ4n) is 3.16. The van der Waals surface area contributed by atoms with E-state index in [1.54, 1.807) is 7.11 Å². The van der Waals surface area contributed by atoms with E-state index in [4.69, 9.17) is 4.74 Å². The maximum Gasteiger partial charge on any atom is 0.122 e. The molecule has 1 aliphatic rings. The average Bonchev–Trinajstić information content (AvgIpc) is 2.50. The number of hydrogen-bond donors (Lipinski definition) is 1.